The summed E-state index contributed by atoms with van der Waals surface area (Å²) in [5.41, 5.74) is 2.67. The van der Waals surface area contributed by atoms with Crippen LogP contribution >= 0.6 is 11.3 Å². The highest BCUT2D eigenvalue weighted by Gasteiger charge is 2.20. The molecule has 2 heterocycles. The van der Waals surface area contributed by atoms with Crippen molar-refractivity contribution < 1.29 is 14.3 Å². The number of ether oxygens (including phenoxy) is 1. The maximum absolute atomic E-state index is 12.2. The highest BCUT2D eigenvalue weighted by molar-refractivity contribution is 7.20. The molecule has 0 saturated carbocycles. The van der Waals surface area contributed by atoms with E-state index in [1.807, 2.05) is 19.9 Å². The molecule has 2 rings (SSSR count). The van der Waals surface area contributed by atoms with Gasteiger partial charge in [0.05, 0.1) is 6.61 Å². The van der Waals surface area contributed by atoms with Crippen LogP contribution in [0.15, 0.2) is 12.3 Å². The van der Waals surface area contributed by atoms with Crippen molar-refractivity contribution in [2.24, 2.45) is 0 Å². The summed E-state index contributed by atoms with van der Waals surface area (Å²) >= 11 is 1.31. The summed E-state index contributed by atoms with van der Waals surface area (Å²) in [4.78, 5) is 29.0. The van der Waals surface area contributed by atoms with E-state index in [0.29, 0.717) is 11.5 Å². The summed E-state index contributed by atoms with van der Waals surface area (Å²) in [6.07, 6.45) is 3.25. The second-order valence-electron chi connectivity index (χ2n) is 4.86. The number of pyridine rings is 1. The Hall–Kier alpha value is -2.21. The molecule has 0 radical (unpaired) electrons. The minimum atomic E-state index is -0.370. The van der Waals surface area contributed by atoms with E-state index in [9.17, 15) is 9.59 Å². The Morgan fingerprint density at radius 1 is 1.41 bits per heavy atom. The number of thiophene rings is 1. The van der Waals surface area contributed by atoms with Crippen LogP contribution in [-0.4, -0.2) is 23.5 Å². The zero-order valence-electron chi connectivity index (χ0n) is 13.0. The smallest absolute Gasteiger partial charge is 0.349 e. The number of rotatable bonds is 4. The van der Waals surface area contributed by atoms with Gasteiger partial charge >= 0.3 is 5.97 Å². The molecule has 0 unspecified atom stereocenters. The predicted octanol–water partition coefficient (Wildman–Crippen LogP) is 3.20. The highest BCUT2D eigenvalue weighted by Crippen LogP contribution is 2.34. The molecule has 1 amide bonds. The van der Waals surface area contributed by atoms with Gasteiger partial charge in [0.2, 0.25) is 5.91 Å². The van der Waals surface area contributed by atoms with E-state index < -0.39 is 0 Å². The molecule has 0 saturated heterocycles. The molecule has 0 aromatic carbocycles. The van der Waals surface area contributed by atoms with E-state index in [4.69, 9.17) is 4.74 Å². The van der Waals surface area contributed by atoms with Gasteiger partial charge in [-0.2, -0.15) is 0 Å². The Bertz CT molecular complexity index is 762. The lowest BCUT2D eigenvalue weighted by molar-refractivity contribution is -0.118. The molecule has 2 aromatic rings. The molecule has 0 spiro atoms. The lowest BCUT2D eigenvalue weighted by Crippen LogP contribution is -2.11. The van der Waals surface area contributed by atoms with Crippen LogP contribution in [0.5, 0.6) is 0 Å². The van der Waals surface area contributed by atoms with Crippen LogP contribution in [0.2, 0.25) is 0 Å². The molecule has 1 N–H and O–H groups in total. The topological polar surface area (TPSA) is 68.3 Å². The third-order valence-corrected chi connectivity index (χ3v) is 4.10. The van der Waals surface area contributed by atoms with Crippen molar-refractivity contribution in [1.29, 1.82) is 0 Å². The maximum Gasteiger partial charge on any atom is 0.349 e. The normalized spacial score (nSPS) is 11.1. The molecule has 0 fully saturated rings. The number of esters is 1. The second kappa shape index (κ2) is 6.70. The van der Waals surface area contributed by atoms with Crippen molar-refractivity contribution in [2.45, 2.75) is 27.7 Å². The quantitative estimate of drug-likeness (QED) is 0.879. The van der Waals surface area contributed by atoms with Crippen molar-refractivity contribution in [1.82, 2.24) is 10.3 Å². The number of hydrogen-bond donors (Lipinski definition) is 1. The van der Waals surface area contributed by atoms with E-state index in [2.05, 4.69) is 10.3 Å². The van der Waals surface area contributed by atoms with Crippen molar-refractivity contribution in [3.05, 3.63) is 34.0 Å². The number of carbonyl (C=O) groups excluding carboxylic acids is 2. The number of amides is 1. The minimum absolute atomic E-state index is 0.167. The fourth-order valence-electron chi connectivity index (χ4n) is 2.22. The fraction of sp³-hybridized carbons (Fsp3) is 0.312. The van der Waals surface area contributed by atoms with Crippen LogP contribution in [0.1, 0.15) is 40.3 Å². The first-order valence-corrected chi connectivity index (χ1v) is 7.77. The van der Waals surface area contributed by atoms with Crippen molar-refractivity contribution in [3.8, 4) is 0 Å². The summed E-state index contributed by atoms with van der Waals surface area (Å²) in [5.74, 6) is -0.538. The molecule has 22 heavy (non-hydrogen) atoms. The average Bonchev–Trinajstić information content (AvgIpc) is 2.77. The number of nitrogens with zero attached hydrogens (tertiary/aromatic N) is 1. The van der Waals surface area contributed by atoms with Gasteiger partial charge in [-0.15, -0.1) is 11.3 Å². The molecule has 0 aliphatic carbocycles. The van der Waals surface area contributed by atoms with E-state index in [0.717, 1.165) is 27.0 Å². The first-order valence-electron chi connectivity index (χ1n) is 6.95. The molecule has 116 valence electrons. The Morgan fingerprint density at radius 3 is 2.77 bits per heavy atom. The first-order chi connectivity index (χ1) is 10.4. The fourth-order valence-corrected chi connectivity index (χ4v) is 3.40. The zero-order valence-corrected chi connectivity index (χ0v) is 13.8. The van der Waals surface area contributed by atoms with E-state index in [1.165, 1.54) is 24.5 Å². The number of fused-ring (bicyclic) bond motifs is 1. The van der Waals surface area contributed by atoms with Crippen LogP contribution in [0, 0.1) is 13.8 Å². The Labute approximate surface area is 133 Å². The molecule has 0 aliphatic rings. The Morgan fingerprint density at radius 2 is 2.14 bits per heavy atom. The van der Waals surface area contributed by atoms with Crippen LogP contribution in [0.3, 0.4) is 0 Å². The molecule has 0 atom stereocenters. The second-order valence-corrected chi connectivity index (χ2v) is 5.86. The number of aryl methyl sites for hydroxylation is 2. The van der Waals surface area contributed by atoms with Gasteiger partial charge in [-0.05, 0) is 38.5 Å². The molecule has 5 nitrogen and oxygen atoms in total. The lowest BCUT2D eigenvalue weighted by atomic mass is 10.1. The summed E-state index contributed by atoms with van der Waals surface area (Å²) < 4.78 is 5.12. The summed E-state index contributed by atoms with van der Waals surface area (Å²) in [6.45, 7) is 7.41. The standard InChI is InChI=1S/C16H18N2O3S/c1-5-21-16(20)14-12(6-7-17-11(4)19)13-9(2)8-10(3)18-15(13)22-14/h6-8H,5H2,1-4H3,(H,17,19)/b7-6+. The van der Waals surface area contributed by atoms with Crippen molar-refractivity contribution in [2.75, 3.05) is 6.61 Å². The zero-order chi connectivity index (χ0) is 16.3. The summed E-state index contributed by atoms with van der Waals surface area (Å²) in [5, 5.41) is 3.51. The van der Waals surface area contributed by atoms with E-state index in [-0.39, 0.29) is 11.9 Å². The molecular weight excluding hydrogens is 300 g/mol. The number of hydrogen-bond acceptors (Lipinski definition) is 5. The number of aromatic nitrogens is 1. The van der Waals surface area contributed by atoms with E-state index >= 15 is 0 Å². The van der Waals surface area contributed by atoms with Gasteiger partial charge in [0.1, 0.15) is 9.71 Å². The first kappa shape index (κ1) is 16.2. The monoisotopic (exact) mass is 318 g/mol. The SMILES string of the molecule is CCOC(=O)c1sc2nc(C)cc(C)c2c1/C=C/NC(C)=O. The van der Waals surface area contributed by atoms with Crippen LogP contribution < -0.4 is 5.32 Å². The molecule has 0 bridgehead atoms. The largest absolute Gasteiger partial charge is 0.462 e. The van der Waals surface area contributed by atoms with Gasteiger partial charge in [0, 0.05) is 29.8 Å². The van der Waals surface area contributed by atoms with Gasteiger partial charge in [0.15, 0.2) is 0 Å². The van der Waals surface area contributed by atoms with Gasteiger partial charge in [0.25, 0.3) is 0 Å². The van der Waals surface area contributed by atoms with Gasteiger partial charge in [-0.3, -0.25) is 4.79 Å². The molecule has 0 aliphatic heterocycles. The Balaban J connectivity index is 2.61. The molecule has 6 heteroatoms. The van der Waals surface area contributed by atoms with Crippen LogP contribution in [0.25, 0.3) is 16.3 Å². The van der Waals surface area contributed by atoms with Crippen LogP contribution in [-0.2, 0) is 9.53 Å². The minimum Gasteiger partial charge on any atom is -0.462 e. The summed E-state index contributed by atoms with van der Waals surface area (Å²) in [6, 6.07) is 1.97. The molecule has 2 aromatic heterocycles. The average molecular weight is 318 g/mol. The van der Waals surface area contributed by atoms with Gasteiger partial charge in [-0.1, -0.05) is 0 Å². The molecular formula is C16H18N2O3S. The Kier molecular flexibility index (Phi) is 4.92. The lowest BCUT2D eigenvalue weighted by Gasteiger charge is -2.02. The van der Waals surface area contributed by atoms with E-state index in [1.54, 1.807) is 13.0 Å². The van der Waals surface area contributed by atoms with Crippen molar-refractivity contribution >= 4 is 39.5 Å². The highest BCUT2D eigenvalue weighted by atomic mass is 32.1. The summed E-state index contributed by atoms with van der Waals surface area (Å²) in [7, 11) is 0. The number of carbonyl (C=O) groups is 2. The van der Waals surface area contributed by atoms with Crippen LogP contribution in [0.4, 0.5) is 0 Å². The number of nitrogens with one attached hydrogen (secondary N) is 1. The maximum atomic E-state index is 12.2. The third kappa shape index (κ3) is 3.33. The van der Waals surface area contributed by atoms with Crippen molar-refractivity contribution in [3.63, 3.8) is 0 Å². The third-order valence-electron chi connectivity index (χ3n) is 3.02. The van der Waals surface area contributed by atoms with Gasteiger partial charge in [-0.25, -0.2) is 9.78 Å². The predicted molar refractivity (Wildman–Crippen MR) is 87.9 cm³/mol. The van der Waals surface area contributed by atoms with Gasteiger partial charge < -0.3 is 10.1 Å².